The molecule has 127 valence electrons. The van der Waals surface area contributed by atoms with Gasteiger partial charge < -0.3 is 9.16 Å². The second-order valence-corrected chi connectivity index (χ2v) is 8.84. The Morgan fingerprint density at radius 1 is 0.958 bits per heavy atom. The van der Waals surface area contributed by atoms with Gasteiger partial charge in [-0.2, -0.15) is 0 Å². The minimum absolute atomic E-state index is 0.596. The Morgan fingerprint density at radius 3 is 2.42 bits per heavy atom. The van der Waals surface area contributed by atoms with E-state index in [4.69, 9.17) is 9.16 Å². The topological polar surface area (TPSA) is 18.5 Å². The van der Waals surface area contributed by atoms with Crippen LogP contribution in [-0.2, 0) is 6.61 Å². The Morgan fingerprint density at radius 2 is 1.71 bits per heavy atom. The SMILES string of the molecule is C[Si](C)Oc1cc(OCc2ccccc2)ccc1C1CCCCC1. The highest BCUT2D eigenvalue weighted by molar-refractivity contribution is 6.49. The van der Waals surface area contributed by atoms with Crippen molar-refractivity contribution in [1.82, 2.24) is 0 Å². The van der Waals surface area contributed by atoms with Gasteiger partial charge in [-0.3, -0.25) is 0 Å². The predicted octanol–water partition coefficient (Wildman–Crippen LogP) is 5.94. The molecule has 1 aliphatic carbocycles. The van der Waals surface area contributed by atoms with Crippen LogP contribution in [0.15, 0.2) is 48.5 Å². The summed E-state index contributed by atoms with van der Waals surface area (Å²) in [5, 5.41) is 0. The minimum atomic E-state index is -0.785. The first-order chi connectivity index (χ1) is 11.7. The van der Waals surface area contributed by atoms with Crippen molar-refractivity contribution >= 4 is 9.04 Å². The molecule has 0 bridgehead atoms. The van der Waals surface area contributed by atoms with Crippen LogP contribution in [0.25, 0.3) is 0 Å². The number of ether oxygens (including phenoxy) is 1. The van der Waals surface area contributed by atoms with Crippen molar-refractivity contribution in [2.45, 2.75) is 57.7 Å². The molecule has 0 saturated heterocycles. The lowest BCUT2D eigenvalue weighted by molar-refractivity contribution is 0.305. The second-order valence-electron chi connectivity index (χ2n) is 6.82. The van der Waals surface area contributed by atoms with Gasteiger partial charge in [0.1, 0.15) is 18.1 Å². The molecule has 3 rings (SSSR count). The fourth-order valence-corrected chi connectivity index (χ4v) is 4.02. The zero-order valence-corrected chi connectivity index (χ0v) is 15.8. The minimum Gasteiger partial charge on any atom is -0.542 e. The molecule has 0 aliphatic heterocycles. The zero-order chi connectivity index (χ0) is 16.8. The van der Waals surface area contributed by atoms with Gasteiger partial charge in [-0.25, -0.2) is 0 Å². The first-order valence-corrected chi connectivity index (χ1v) is 11.4. The molecule has 2 nitrogen and oxygen atoms in total. The normalized spacial score (nSPS) is 15.5. The maximum absolute atomic E-state index is 6.21. The molecule has 24 heavy (non-hydrogen) atoms. The van der Waals surface area contributed by atoms with Gasteiger partial charge in [-0.1, -0.05) is 55.7 Å². The summed E-state index contributed by atoms with van der Waals surface area (Å²) >= 11 is 0. The fourth-order valence-electron chi connectivity index (χ4n) is 3.40. The van der Waals surface area contributed by atoms with E-state index >= 15 is 0 Å². The smallest absolute Gasteiger partial charge is 0.274 e. The number of rotatable bonds is 6. The largest absolute Gasteiger partial charge is 0.542 e. The average Bonchev–Trinajstić information content (AvgIpc) is 2.61. The third kappa shape index (κ3) is 4.64. The average molecular weight is 340 g/mol. The van der Waals surface area contributed by atoms with Gasteiger partial charge in [-0.05, 0) is 49.0 Å². The summed E-state index contributed by atoms with van der Waals surface area (Å²) in [6.45, 7) is 4.97. The van der Waals surface area contributed by atoms with Crippen molar-refractivity contribution in [2.24, 2.45) is 0 Å². The summed E-state index contributed by atoms with van der Waals surface area (Å²) < 4.78 is 12.2. The van der Waals surface area contributed by atoms with E-state index < -0.39 is 9.04 Å². The quantitative estimate of drug-likeness (QED) is 0.606. The van der Waals surface area contributed by atoms with Crippen molar-refractivity contribution in [1.29, 1.82) is 0 Å². The van der Waals surface area contributed by atoms with Crippen molar-refractivity contribution in [3.8, 4) is 11.5 Å². The van der Waals surface area contributed by atoms with Crippen LogP contribution in [0.1, 0.15) is 49.1 Å². The summed E-state index contributed by atoms with van der Waals surface area (Å²) in [4.78, 5) is 0. The molecule has 0 unspecified atom stereocenters. The van der Waals surface area contributed by atoms with E-state index in [0.717, 1.165) is 11.5 Å². The molecule has 2 aromatic carbocycles. The van der Waals surface area contributed by atoms with E-state index in [1.54, 1.807) is 0 Å². The Labute approximate surface area is 147 Å². The summed E-state index contributed by atoms with van der Waals surface area (Å²) in [5.41, 5.74) is 2.57. The van der Waals surface area contributed by atoms with Crippen LogP contribution in [0.4, 0.5) is 0 Å². The Balaban J connectivity index is 1.75. The van der Waals surface area contributed by atoms with E-state index in [1.165, 1.54) is 43.2 Å². The first-order valence-electron chi connectivity index (χ1n) is 9.01. The van der Waals surface area contributed by atoms with E-state index in [1.807, 2.05) is 18.2 Å². The predicted molar refractivity (Wildman–Crippen MR) is 101 cm³/mol. The van der Waals surface area contributed by atoms with Crippen LogP contribution < -0.4 is 9.16 Å². The molecule has 2 aromatic rings. The molecule has 1 fully saturated rings. The molecular weight excluding hydrogens is 312 g/mol. The van der Waals surface area contributed by atoms with Gasteiger partial charge in [-0.15, -0.1) is 0 Å². The van der Waals surface area contributed by atoms with Crippen molar-refractivity contribution in [3.05, 3.63) is 59.7 Å². The number of hydrogen-bond acceptors (Lipinski definition) is 2. The lowest BCUT2D eigenvalue weighted by atomic mass is 9.84. The van der Waals surface area contributed by atoms with E-state index in [0.29, 0.717) is 12.5 Å². The summed E-state index contributed by atoms with van der Waals surface area (Å²) in [5.74, 6) is 2.60. The van der Waals surface area contributed by atoms with Crippen molar-refractivity contribution in [3.63, 3.8) is 0 Å². The van der Waals surface area contributed by atoms with Gasteiger partial charge in [0.25, 0.3) is 9.04 Å². The van der Waals surface area contributed by atoms with Crippen LogP contribution in [0, 0.1) is 0 Å². The van der Waals surface area contributed by atoms with E-state index in [-0.39, 0.29) is 0 Å². The maximum Gasteiger partial charge on any atom is 0.274 e. The van der Waals surface area contributed by atoms with E-state index in [9.17, 15) is 0 Å². The summed E-state index contributed by atoms with van der Waals surface area (Å²) in [6.07, 6.45) is 6.63. The summed E-state index contributed by atoms with van der Waals surface area (Å²) in [6, 6.07) is 16.7. The third-order valence-electron chi connectivity index (χ3n) is 4.59. The lowest BCUT2D eigenvalue weighted by Crippen LogP contribution is -2.15. The molecule has 1 aliphatic rings. The Hall–Kier alpha value is -1.74. The Kier molecular flexibility index (Phi) is 5.97. The third-order valence-corrected chi connectivity index (χ3v) is 5.22. The van der Waals surface area contributed by atoms with Crippen LogP contribution in [0.2, 0.25) is 13.1 Å². The summed E-state index contributed by atoms with van der Waals surface area (Å²) in [7, 11) is -0.785. The van der Waals surface area contributed by atoms with Crippen LogP contribution in [0.5, 0.6) is 11.5 Å². The fraction of sp³-hybridized carbons (Fsp3) is 0.429. The van der Waals surface area contributed by atoms with Crippen LogP contribution in [0.3, 0.4) is 0 Å². The monoisotopic (exact) mass is 339 g/mol. The highest BCUT2D eigenvalue weighted by Gasteiger charge is 2.20. The Bertz CT molecular complexity index is 634. The second kappa shape index (κ2) is 8.38. The first kappa shape index (κ1) is 17.1. The molecule has 0 atom stereocenters. The standard InChI is InChI=1S/C21H27O2Si/c1-24(2)23-21-15-19(22-16-17-9-5-3-6-10-17)13-14-20(21)18-11-7-4-8-12-18/h3,5-6,9-10,13-15,18H,4,7-8,11-12,16H2,1-2H3. The van der Waals surface area contributed by atoms with E-state index in [2.05, 4.69) is 43.4 Å². The lowest BCUT2D eigenvalue weighted by Gasteiger charge is -2.25. The molecular formula is C21H27O2Si. The molecule has 3 heteroatoms. The maximum atomic E-state index is 6.21. The molecule has 0 N–H and O–H groups in total. The zero-order valence-electron chi connectivity index (χ0n) is 14.8. The molecule has 0 heterocycles. The highest BCUT2D eigenvalue weighted by atomic mass is 28.3. The van der Waals surface area contributed by atoms with Gasteiger partial charge in [0, 0.05) is 6.07 Å². The van der Waals surface area contributed by atoms with Gasteiger partial charge in [0.15, 0.2) is 0 Å². The van der Waals surface area contributed by atoms with Gasteiger partial charge >= 0.3 is 0 Å². The molecule has 1 saturated carbocycles. The number of benzene rings is 2. The molecule has 0 spiro atoms. The van der Waals surface area contributed by atoms with Crippen molar-refractivity contribution in [2.75, 3.05) is 0 Å². The molecule has 0 aromatic heterocycles. The molecule has 1 radical (unpaired) electrons. The number of hydrogen-bond donors (Lipinski definition) is 0. The van der Waals surface area contributed by atoms with Crippen LogP contribution in [-0.4, -0.2) is 9.04 Å². The van der Waals surface area contributed by atoms with Gasteiger partial charge in [0.2, 0.25) is 0 Å². The van der Waals surface area contributed by atoms with Crippen molar-refractivity contribution < 1.29 is 9.16 Å². The van der Waals surface area contributed by atoms with Crippen LogP contribution >= 0.6 is 0 Å². The highest BCUT2D eigenvalue weighted by Crippen LogP contribution is 2.39. The molecule has 0 amide bonds. The van der Waals surface area contributed by atoms with Gasteiger partial charge in [0.05, 0.1) is 0 Å².